The fraction of sp³-hybridized carbons (Fsp3) is 0.0476. The number of carboxylic acid groups (broad SMARTS) is 2. The molecular weight excluding hydrogens is 1060 g/mol. The number of anilines is 1. The number of carbonyl (C=O) groups is 2. The maximum atomic E-state index is 12.8. The number of aromatic hydroxyl groups is 2. The quantitative estimate of drug-likeness (QED) is 0.0126. The predicted molar refractivity (Wildman–Crippen MR) is 268 cm³/mol. The van der Waals surface area contributed by atoms with E-state index in [0.717, 1.165) is 48.5 Å². The number of nitrogens with zero attached hydrogens (tertiary/aromatic N) is 9. The summed E-state index contributed by atoms with van der Waals surface area (Å²) in [4.78, 5) is 32.2. The van der Waals surface area contributed by atoms with Crippen LogP contribution in [0, 0.1) is 10.1 Å². The van der Waals surface area contributed by atoms with Crippen molar-refractivity contribution in [2.75, 3.05) is 20.0 Å². The summed E-state index contributed by atoms with van der Waals surface area (Å²) in [5.74, 6) is -4.46. The van der Waals surface area contributed by atoms with Crippen LogP contribution in [0.25, 0.3) is 21.5 Å². The Morgan fingerprint density at radius 1 is 0.554 bits per heavy atom. The number of benzene rings is 7. The molecule has 4 radical (unpaired) electrons. The molecule has 32 heteroatoms. The van der Waals surface area contributed by atoms with Crippen LogP contribution in [0.3, 0.4) is 0 Å². The molecule has 0 amide bonds. The molecule has 0 aromatic heterocycles. The van der Waals surface area contributed by atoms with Crippen LogP contribution in [-0.2, 0) is 20.2 Å². The first-order chi connectivity index (χ1) is 33.1. The Balaban J connectivity index is 0.00000361. The van der Waals surface area contributed by atoms with E-state index < -0.39 is 80.9 Å². The van der Waals surface area contributed by atoms with Crippen LogP contribution in [0.2, 0.25) is 0 Å². The number of ether oxygens (including phenoxy) is 2. The Hall–Kier alpha value is -5.38. The van der Waals surface area contributed by atoms with Crippen molar-refractivity contribution in [3.63, 3.8) is 0 Å². The molecule has 0 atom stereocenters. The van der Waals surface area contributed by atoms with Gasteiger partial charge in [-0.25, -0.2) is 9.59 Å². The molecule has 0 aliphatic rings. The zero-order valence-electron chi connectivity index (χ0n) is 39.4. The number of rotatable bonds is 15. The van der Waals surface area contributed by atoms with E-state index in [0.29, 0.717) is 0 Å². The van der Waals surface area contributed by atoms with Crippen molar-refractivity contribution < 1.29 is 70.4 Å². The normalized spacial score (nSPS) is 11.6. The first-order valence-electron chi connectivity index (χ1n) is 19.2. The van der Waals surface area contributed by atoms with Gasteiger partial charge in [-0.2, -0.15) is 21.9 Å². The molecule has 74 heavy (non-hydrogen) atoms. The van der Waals surface area contributed by atoms with Crippen LogP contribution >= 0.6 is 0 Å². The van der Waals surface area contributed by atoms with Gasteiger partial charge in [0.2, 0.25) is 0 Å². The van der Waals surface area contributed by atoms with Gasteiger partial charge in [0, 0.05) is 164 Å². The van der Waals surface area contributed by atoms with Crippen molar-refractivity contribution in [1.29, 1.82) is 0 Å². The molecule has 7 aromatic rings. The number of fused-ring (bicyclic) bond motifs is 2. The second kappa shape index (κ2) is 25.9. The summed E-state index contributed by atoms with van der Waals surface area (Å²) >= 11 is 0. The molecule has 0 unspecified atom stereocenters. The van der Waals surface area contributed by atoms with Crippen molar-refractivity contribution in [3.05, 3.63) is 118 Å². The van der Waals surface area contributed by atoms with Gasteiger partial charge in [0.1, 0.15) is 56.1 Å². The second-order valence-corrected chi connectivity index (χ2v) is 17.0. The van der Waals surface area contributed by atoms with Gasteiger partial charge in [0.25, 0.3) is 25.9 Å². The molecule has 360 valence electrons. The van der Waals surface area contributed by atoms with E-state index in [1.54, 1.807) is 0 Å². The zero-order chi connectivity index (χ0) is 50.8. The third-order valence-corrected chi connectivity index (χ3v) is 11.6. The van der Waals surface area contributed by atoms with E-state index in [2.05, 4.69) is 40.9 Å². The van der Waals surface area contributed by atoms with E-state index in [1.807, 2.05) is 0 Å². The number of phenols is 2. The minimum absolute atomic E-state index is 0. The second-order valence-electron chi connectivity index (χ2n) is 14.2. The number of nitrogens with two attached hydrogens (primary N) is 1. The smallest absolute Gasteiger partial charge is 0.339 e. The number of methoxy groups -OCH3 is 2. The molecule has 0 fully saturated rings. The molecule has 0 aliphatic heterocycles. The summed E-state index contributed by atoms with van der Waals surface area (Å²) in [7, 11) is -7.49. The van der Waals surface area contributed by atoms with Crippen molar-refractivity contribution in [1.82, 2.24) is 0 Å². The monoisotopic (exact) mass is 1090 g/mol. The number of nitro groups is 1. The average Bonchev–Trinajstić information content (AvgIpc) is 3.31. The minimum Gasteiger partial charge on any atom is -0.507 e. The number of hydrogen-bond acceptors (Lipinski definition) is 21. The number of aromatic carboxylic acids is 2. The van der Waals surface area contributed by atoms with E-state index in [-0.39, 0.29) is 197 Å². The molecule has 0 spiro atoms. The summed E-state index contributed by atoms with van der Waals surface area (Å²) in [5, 5.41) is 84.0. The summed E-state index contributed by atoms with van der Waals surface area (Å²) in [6.07, 6.45) is 0. The van der Waals surface area contributed by atoms with Gasteiger partial charge in [0.15, 0.2) is 5.75 Å². The molecule has 0 saturated carbocycles. The van der Waals surface area contributed by atoms with Crippen LogP contribution in [-0.4, -0.2) is 196 Å². The maximum Gasteiger partial charge on any atom is 0.339 e. The molecule has 0 saturated heterocycles. The van der Waals surface area contributed by atoms with Crippen molar-refractivity contribution in [3.8, 4) is 23.0 Å². The van der Waals surface area contributed by atoms with Gasteiger partial charge in [-0.3, -0.25) is 19.2 Å². The average molecular weight is 1090 g/mol. The Bertz CT molecular complexity index is 3760. The minimum atomic E-state index is -5.24. The number of nitrogen functional groups attached to an aromatic ring is 1. The van der Waals surface area contributed by atoms with Gasteiger partial charge in [-0.1, -0.05) is 6.07 Å². The predicted octanol–water partition coefficient (Wildman–Crippen LogP) is 8.94. The first-order valence-corrected chi connectivity index (χ1v) is 22.1. The van der Waals surface area contributed by atoms with E-state index >= 15 is 0 Å². The molecule has 0 heterocycles. The molecule has 26 nitrogen and oxygen atoms in total. The molecule has 7 rings (SSSR count). The van der Waals surface area contributed by atoms with Gasteiger partial charge in [-0.15, -0.1) is 35.8 Å². The third-order valence-electron chi connectivity index (χ3n) is 9.92. The zero-order valence-corrected chi connectivity index (χ0v) is 49.1. The summed E-state index contributed by atoms with van der Waals surface area (Å²) in [5.41, 5.74) is 3.05. The van der Waals surface area contributed by atoms with Gasteiger partial charge < -0.3 is 35.6 Å². The molecule has 0 aliphatic carbocycles. The topological polar surface area (TPSA) is 410 Å². The molecular formula is C42H30N10Na4O16S2. The largest absolute Gasteiger partial charge is 0.507 e. The van der Waals surface area contributed by atoms with Crippen LogP contribution in [0.5, 0.6) is 23.0 Å². The van der Waals surface area contributed by atoms with Crippen LogP contribution < -0.4 is 15.2 Å². The SMILES string of the molecule is COc1cc(N=Nc2ccc(N=Nc3ccc(O)c(C(=O)O)c3)c3ccc(S(=O)(=O)O)cc23)c(OC)cc1N=Nc1c(S(=O)(=O)O)cc2c(N=Nc3ccc([N+](=O)[O-])cc3C(=O)O)c(N)ccc2c1O.[Na].[Na].[Na].[Na]. The number of hydrogen-bond donors (Lipinski definition) is 7. The number of carboxylic acids is 2. The van der Waals surface area contributed by atoms with Crippen LogP contribution in [0.15, 0.2) is 148 Å². The Labute approximate surface area is 505 Å². The molecule has 8 N–H and O–H groups in total. The van der Waals surface area contributed by atoms with E-state index in [1.165, 1.54) is 62.8 Å². The fourth-order valence-corrected chi connectivity index (χ4v) is 7.71. The van der Waals surface area contributed by atoms with E-state index in [4.69, 9.17) is 15.2 Å². The van der Waals surface area contributed by atoms with E-state index in [9.17, 15) is 66.1 Å². The fourth-order valence-electron chi connectivity index (χ4n) is 6.56. The van der Waals surface area contributed by atoms with Crippen molar-refractivity contribution >= 4 is 229 Å². The summed E-state index contributed by atoms with van der Waals surface area (Å²) in [6.45, 7) is 0. The van der Waals surface area contributed by atoms with Gasteiger partial charge in [-0.05, 0) is 66.7 Å². The molecule has 0 bridgehead atoms. The van der Waals surface area contributed by atoms with Crippen molar-refractivity contribution in [2.24, 2.45) is 40.9 Å². The number of non-ortho nitro benzene ring substituents is 1. The summed E-state index contributed by atoms with van der Waals surface area (Å²) in [6, 6.07) is 18.5. The van der Waals surface area contributed by atoms with Gasteiger partial charge >= 0.3 is 11.9 Å². The van der Waals surface area contributed by atoms with Crippen LogP contribution in [0.4, 0.5) is 56.9 Å². The van der Waals surface area contributed by atoms with Gasteiger partial charge in [0.05, 0.1) is 52.4 Å². The van der Waals surface area contributed by atoms with Crippen LogP contribution in [0.1, 0.15) is 20.7 Å². The Morgan fingerprint density at radius 2 is 1.08 bits per heavy atom. The number of phenolic OH excluding ortho intramolecular Hbond substituents is 1. The molecule has 7 aromatic carbocycles. The number of nitro benzene ring substituents is 1. The first kappa shape index (κ1) is 62.9. The third kappa shape index (κ3) is 13.9. The standard InChI is InChI=1S/C42H30N10O16S2.4Na/c1-67-35-18-33(49-51-39-37(70(64,65)66)16-25-23(40(39)54)7-8-28(43)38(25)50-47-31-9-4-20(52(59)60)14-26(31)41(55)56)36(68-2)17-32(35)48-46-30-11-10-29(22-6-5-21(15-24(22)30)69(61,62)63)45-44-19-3-12-34(53)27(13-19)42(57)58;;;;/h3-18,53-54H,43H2,1-2H3,(H,55,56)(H,57,58)(H,61,62,63)(H,64,65,66);;;;. The number of azo groups is 4. The Kier molecular flexibility index (Phi) is 22.0. The Morgan fingerprint density at radius 3 is 1.65 bits per heavy atom. The maximum absolute atomic E-state index is 12.8. The van der Waals surface area contributed by atoms with Crippen molar-refractivity contribution in [2.45, 2.75) is 9.79 Å². The summed E-state index contributed by atoms with van der Waals surface area (Å²) < 4.78 is 81.0.